The number of rotatable bonds is 7. The summed E-state index contributed by atoms with van der Waals surface area (Å²) in [7, 11) is 3.88. The normalized spacial score (nSPS) is 14.6. The minimum atomic E-state index is -1.15. The second-order valence-corrected chi connectivity index (χ2v) is 4.79. The Balaban J connectivity index is 3.84. The molecule has 5 nitrogen and oxygen atoms in total. The van der Waals surface area contributed by atoms with Gasteiger partial charge in [0.15, 0.2) is 0 Å². The number of amides is 1. The summed E-state index contributed by atoms with van der Waals surface area (Å²) < 4.78 is 0. The lowest BCUT2D eigenvalue weighted by Gasteiger charge is -2.15. The molecule has 0 saturated heterocycles. The first-order chi connectivity index (χ1) is 7.36. The van der Waals surface area contributed by atoms with Crippen molar-refractivity contribution >= 4 is 37.1 Å². The predicted octanol–water partition coefficient (Wildman–Crippen LogP) is -0.264. The molecule has 2 N–H and O–H groups in total. The molecule has 2 atom stereocenters. The van der Waals surface area contributed by atoms with Crippen molar-refractivity contribution in [1.82, 2.24) is 10.2 Å². The van der Waals surface area contributed by atoms with Gasteiger partial charge >= 0.3 is 5.97 Å². The third kappa shape index (κ3) is 6.24. The number of hydrogen-bond donors (Lipinski definition) is 4. The van der Waals surface area contributed by atoms with E-state index in [0.717, 1.165) is 13.0 Å². The zero-order chi connectivity index (χ0) is 12.7. The Hall–Kier alpha value is -0.400. The van der Waals surface area contributed by atoms with Crippen molar-refractivity contribution in [2.45, 2.75) is 16.9 Å². The largest absolute Gasteiger partial charge is 0.480 e. The molecule has 1 amide bonds. The van der Waals surface area contributed by atoms with Crippen LogP contribution in [0.4, 0.5) is 0 Å². The van der Waals surface area contributed by atoms with Crippen LogP contribution < -0.4 is 5.32 Å². The average Bonchev–Trinajstić information content (AvgIpc) is 2.21. The van der Waals surface area contributed by atoms with E-state index in [0.29, 0.717) is 6.54 Å². The maximum atomic E-state index is 11.4. The van der Waals surface area contributed by atoms with Gasteiger partial charge in [0.1, 0.15) is 10.5 Å². The van der Waals surface area contributed by atoms with Gasteiger partial charge in [0.25, 0.3) is 0 Å². The van der Waals surface area contributed by atoms with Gasteiger partial charge in [-0.3, -0.25) is 9.59 Å². The monoisotopic (exact) mass is 266 g/mol. The second-order valence-electron chi connectivity index (χ2n) is 3.68. The zero-order valence-corrected chi connectivity index (χ0v) is 11.2. The van der Waals surface area contributed by atoms with Crippen molar-refractivity contribution < 1.29 is 14.7 Å². The Morgan fingerprint density at radius 1 is 1.31 bits per heavy atom. The molecule has 0 aliphatic carbocycles. The van der Waals surface area contributed by atoms with Crippen LogP contribution in [0.3, 0.4) is 0 Å². The van der Waals surface area contributed by atoms with Crippen LogP contribution in [0.2, 0.25) is 0 Å². The number of nitrogens with one attached hydrogen (secondary N) is 1. The van der Waals surface area contributed by atoms with Crippen LogP contribution in [0.15, 0.2) is 0 Å². The Morgan fingerprint density at radius 2 is 1.88 bits per heavy atom. The number of carboxylic acid groups (broad SMARTS) is 1. The van der Waals surface area contributed by atoms with Crippen LogP contribution in [0.25, 0.3) is 0 Å². The fraction of sp³-hybridized carbons (Fsp3) is 0.778. The molecule has 0 bridgehead atoms. The van der Waals surface area contributed by atoms with Crippen molar-refractivity contribution in [2.75, 3.05) is 27.2 Å². The van der Waals surface area contributed by atoms with Crippen LogP contribution in [-0.4, -0.2) is 59.6 Å². The smallest absolute Gasteiger partial charge is 0.318 e. The minimum absolute atomic E-state index is 0.399. The van der Waals surface area contributed by atoms with Gasteiger partial charge in [-0.1, -0.05) is 0 Å². The Morgan fingerprint density at radius 3 is 2.31 bits per heavy atom. The Bertz CT molecular complexity index is 249. The van der Waals surface area contributed by atoms with Crippen molar-refractivity contribution in [3.05, 3.63) is 0 Å². The highest BCUT2D eigenvalue weighted by Crippen LogP contribution is 2.09. The topological polar surface area (TPSA) is 69.6 Å². The summed E-state index contributed by atoms with van der Waals surface area (Å²) in [6.07, 6.45) is 0.809. The lowest BCUT2D eigenvalue weighted by Crippen LogP contribution is -2.40. The zero-order valence-electron chi connectivity index (χ0n) is 9.38. The van der Waals surface area contributed by atoms with E-state index in [4.69, 9.17) is 5.11 Å². The molecule has 2 unspecified atom stereocenters. The molecular formula is C9H18N2O3S2. The number of thiol groups is 2. The summed E-state index contributed by atoms with van der Waals surface area (Å²) >= 11 is 7.71. The molecule has 0 aromatic rings. The van der Waals surface area contributed by atoms with Gasteiger partial charge in [-0.2, -0.15) is 25.3 Å². The van der Waals surface area contributed by atoms with Crippen LogP contribution in [0.5, 0.6) is 0 Å². The van der Waals surface area contributed by atoms with Gasteiger partial charge in [0.2, 0.25) is 5.91 Å². The van der Waals surface area contributed by atoms with E-state index < -0.39 is 22.4 Å². The summed E-state index contributed by atoms with van der Waals surface area (Å²) in [5.41, 5.74) is 0. The number of carboxylic acids is 1. The molecule has 0 fully saturated rings. The maximum Gasteiger partial charge on any atom is 0.318 e. The van der Waals surface area contributed by atoms with Crippen LogP contribution >= 0.6 is 25.3 Å². The molecular weight excluding hydrogens is 248 g/mol. The van der Waals surface area contributed by atoms with Crippen LogP contribution in [-0.2, 0) is 9.59 Å². The lowest BCUT2D eigenvalue weighted by atomic mass is 10.2. The molecule has 0 heterocycles. The third-order valence-corrected chi connectivity index (χ3v) is 3.19. The second kappa shape index (κ2) is 7.81. The summed E-state index contributed by atoms with van der Waals surface area (Å²) in [4.78, 5) is 24.0. The Kier molecular flexibility index (Phi) is 7.61. The van der Waals surface area contributed by atoms with E-state index in [-0.39, 0.29) is 0 Å². The predicted molar refractivity (Wildman–Crippen MR) is 69.4 cm³/mol. The van der Waals surface area contributed by atoms with Gasteiger partial charge < -0.3 is 15.3 Å². The van der Waals surface area contributed by atoms with Crippen molar-refractivity contribution in [1.29, 1.82) is 0 Å². The van der Waals surface area contributed by atoms with E-state index in [2.05, 4.69) is 30.6 Å². The highest BCUT2D eigenvalue weighted by molar-refractivity contribution is 7.86. The van der Waals surface area contributed by atoms with E-state index in [9.17, 15) is 9.59 Å². The summed E-state index contributed by atoms with van der Waals surface area (Å²) in [5.74, 6) is -1.55. The first-order valence-electron chi connectivity index (χ1n) is 4.87. The molecule has 7 heteroatoms. The summed E-state index contributed by atoms with van der Waals surface area (Å²) in [5, 5.41) is 9.24. The van der Waals surface area contributed by atoms with Gasteiger partial charge in [-0.15, -0.1) is 0 Å². The van der Waals surface area contributed by atoms with E-state index >= 15 is 0 Å². The lowest BCUT2D eigenvalue weighted by molar-refractivity contribution is -0.137. The maximum absolute atomic E-state index is 11.4. The summed E-state index contributed by atoms with van der Waals surface area (Å²) in [6.45, 7) is 1.37. The van der Waals surface area contributed by atoms with E-state index in [1.54, 1.807) is 0 Å². The van der Waals surface area contributed by atoms with Crippen molar-refractivity contribution in [2.24, 2.45) is 0 Å². The SMILES string of the molecule is CN(C)CCCNC(=O)C(S)C(S)C(=O)O. The molecule has 0 spiro atoms. The molecule has 0 aliphatic heterocycles. The van der Waals surface area contributed by atoms with Gasteiger partial charge in [-0.25, -0.2) is 0 Å². The molecule has 94 valence electrons. The van der Waals surface area contributed by atoms with Crippen LogP contribution in [0.1, 0.15) is 6.42 Å². The van der Waals surface area contributed by atoms with Crippen molar-refractivity contribution in [3.8, 4) is 0 Å². The molecule has 0 saturated carbocycles. The minimum Gasteiger partial charge on any atom is -0.480 e. The first kappa shape index (κ1) is 15.6. The highest BCUT2D eigenvalue weighted by Gasteiger charge is 2.27. The van der Waals surface area contributed by atoms with Crippen molar-refractivity contribution in [3.63, 3.8) is 0 Å². The summed E-state index contributed by atoms with van der Waals surface area (Å²) in [6, 6.07) is 0. The highest BCUT2D eigenvalue weighted by atomic mass is 32.1. The number of carbonyl (C=O) groups excluding carboxylic acids is 1. The molecule has 0 aromatic heterocycles. The first-order valence-corrected chi connectivity index (χ1v) is 5.91. The standard InChI is InChI=1S/C9H18N2O3S2/c1-11(2)5-3-4-10-8(12)6(15)7(16)9(13)14/h6-7,15-16H,3-5H2,1-2H3,(H,10,12)(H,13,14). The van der Waals surface area contributed by atoms with Gasteiger partial charge in [0, 0.05) is 6.54 Å². The van der Waals surface area contributed by atoms with Gasteiger partial charge in [0.05, 0.1) is 0 Å². The number of nitrogens with zero attached hydrogens (tertiary/aromatic N) is 1. The number of carbonyl (C=O) groups is 2. The fourth-order valence-electron chi connectivity index (χ4n) is 0.990. The fourth-order valence-corrected chi connectivity index (χ4v) is 1.34. The third-order valence-electron chi connectivity index (χ3n) is 1.90. The Labute approximate surface area is 106 Å². The number of aliphatic carboxylic acids is 1. The quantitative estimate of drug-likeness (QED) is 0.378. The van der Waals surface area contributed by atoms with E-state index in [1.807, 2.05) is 19.0 Å². The average molecular weight is 266 g/mol. The molecule has 0 aromatic carbocycles. The van der Waals surface area contributed by atoms with Crippen LogP contribution in [0, 0.1) is 0 Å². The van der Waals surface area contributed by atoms with Gasteiger partial charge in [-0.05, 0) is 27.1 Å². The molecule has 0 radical (unpaired) electrons. The molecule has 0 aliphatic rings. The number of hydrogen-bond acceptors (Lipinski definition) is 5. The molecule has 16 heavy (non-hydrogen) atoms. The van der Waals surface area contributed by atoms with E-state index in [1.165, 1.54) is 0 Å². The molecule has 0 rings (SSSR count).